The third-order valence-corrected chi connectivity index (χ3v) is 4.99. The minimum atomic E-state index is -0.365. The number of amides is 1. The first-order valence-corrected chi connectivity index (χ1v) is 8.80. The number of rotatable bonds is 6. The summed E-state index contributed by atoms with van der Waals surface area (Å²) in [5.41, 5.74) is 0. The Hall–Kier alpha value is -1.09. The van der Waals surface area contributed by atoms with E-state index in [0.717, 1.165) is 11.7 Å². The second-order valence-corrected chi connectivity index (χ2v) is 7.55. The van der Waals surface area contributed by atoms with Crippen LogP contribution in [0.3, 0.4) is 0 Å². The van der Waals surface area contributed by atoms with Gasteiger partial charge >= 0.3 is 0 Å². The van der Waals surface area contributed by atoms with Crippen LogP contribution in [0.2, 0.25) is 10.0 Å². The Bertz CT molecular complexity index is 667. The van der Waals surface area contributed by atoms with E-state index in [-0.39, 0.29) is 17.0 Å². The molecule has 1 atom stereocenters. The molecular weight excluding hydrogens is 365 g/mol. The number of nitrogens with one attached hydrogen (secondary N) is 2. The molecule has 0 bridgehead atoms. The van der Waals surface area contributed by atoms with Crippen molar-refractivity contribution in [2.45, 2.75) is 23.4 Å². The number of pyridine rings is 1. The van der Waals surface area contributed by atoms with Crippen molar-refractivity contribution in [3.63, 3.8) is 0 Å². The van der Waals surface area contributed by atoms with Crippen LogP contribution in [-0.4, -0.2) is 32.9 Å². The zero-order valence-electron chi connectivity index (χ0n) is 11.8. The van der Waals surface area contributed by atoms with Crippen molar-refractivity contribution in [2.75, 3.05) is 17.2 Å². The number of hydrogen-bond donors (Lipinski definition) is 2. The monoisotopic (exact) mass is 377 g/mol. The average molecular weight is 378 g/mol. The summed E-state index contributed by atoms with van der Waals surface area (Å²) in [5, 5.41) is 14.8. The van der Waals surface area contributed by atoms with Gasteiger partial charge in [0.1, 0.15) is 0 Å². The van der Waals surface area contributed by atoms with Crippen LogP contribution in [0.5, 0.6) is 0 Å². The molecule has 0 aliphatic heterocycles. The van der Waals surface area contributed by atoms with Gasteiger partial charge in [-0.05, 0) is 19.9 Å². The van der Waals surface area contributed by atoms with Crippen LogP contribution in [0.4, 0.5) is 10.9 Å². The summed E-state index contributed by atoms with van der Waals surface area (Å²) in [5.74, 6) is 0.0658. The van der Waals surface area contributed by atoms with Gasteiger partial charge in [0.15, 0.2) is 10.2 Å². The summed E-state index contributed by atoms with van der Waals surface area (Å²) in [7, 11) is 0. The molecule has 0 aromatic carbocycles. The first kappa shape index (κ1) is 17.3. The fourth-order valence-corrected chi connectivity index (χ4v) is 3.80. The SMILES string of the molecule is CCNc1nnc(SC(C)C(=O)Nc2ncc(Cl)cc2Cl)s1. The van der Waals surface area contributed by atoms with Crippen molar-refractivity contribution in [1.82, 2.24) is 15.2 Å². The molecule has 2 N–H and O–H groups in total. The number of halogens is 2. The molecule has 0 saturated carbocycles. The van der Waals surface area contributed by atoms with Crippen LogP contribution in [0, 0.1) is 0 Å². The summed E-state index contributed by atoms with van der Waals surface area (Å²) in [6, 6.07) is 1.52. The van der Waals surface area contributed by atoms with Gasteiger partial charge in [0.25, 0.3) is 0 Å². The minimum absolute atomic E-state index is 0.220. The van der Waals surface area contributed by atoms with Gasteiger partial charge in [0.2, 0.25) is 11.0 Å². The highest BCUT2D eigenvalue weighted by Crippen LogP contribution is 2.30. The number of anilines is 2. The fraction of sp³-hybridized carbons (Fsp3) is 0.333. The molecular formula is C12H13Cl2N5OS2. The molecule has 10 heteroatoms. The van der Waals surface area contributed by atoms with Gasteiger partial charge in [-0.3, -0.25) is 4.79 Å². The molecule has 22 heavy (non-hydrogen) atoms. The summed E-state index contributed by atoms with van der Waals surface area (Å²) < 4.78 is 0.716. The predicted molar refractivity (Wildman–Crippen MR) is 92.3 cm³/mol. The summed E-state index contributed by atoms with van der Waals surface area (Å²) >= 11 is 14.5. The van der Waals surface area contributed by atoms with E-state index in [2.05, 4.69) is 25.8 Å². The third kappa shape index (κ3) is 4.70. The van der Waals surface area contributed by atoms with Crippen LogP contribution >= 0.6 is 46.3 Å². The Kier molecular flexibility index (Phi) is 6.25. The Morgan fingerprint density at radius 1 is 1.45 bits per heavy atom. The Balaban J connectivity index is 1.96. The number of thioether (sulfide) groups is 1. The molecule has 0 spiro atoms. The molecule has 2 aromatic rings. The molecule has 1 unspecified atom stereocenters. The van der Waals surface area contributed by atoms with Gasteiger partial charge in [-0.25, -0.2) is 4.98 Å². The van der Waals surface area contributed by atoms with E-state index in [9.17, 15) is 4.79 Å². The number of carbonyl (C=O) groups excluding carboxylic acids is 1. The van der Waals surface area contributed by atoms with E-state index in [1.54, 1.807) is 6.92 Å². The standard InChI is InChI=1S/C12H13Cl2N5OS2/c1-3-15-11-18-19-12(22-11)21-6(2)10(20)17-9-8(14)4-7(13)5-16-9/h4-6H,3H2,1-2H3,(H,15,18)(H,16,17,20). The zero-order chi connectivity index (χ0) is 16.1. The summed E-state index contributed by atoms with van der Waals surface area (Å²) in [4.78, 5) is 16.2. The van der Waals surface area contributed by atoms with E-state index in [4.69, 9.17) is 23.2 Å². The predicted octanol–water partition coefficient (Wildman–Crippen LogP) is 3.79. The lowest BCUT2D eigenvalue weighted by Gasteiger charge is -2.10. The Morgan fingerprint density at radius 2 is 2.23 bits per heavy atom. The lowest BCUT2D eigenvalue weighted by Crippen LogP contribution is -2.23. The van der Waals surface area contributed by atoms with Crippen LogP contribution in [-0.2, 0) is 4.79 Å². The molecule has 0 fully saturated rings. The highest BCUT2D eigenvalue weighted by Gasteiger charge is 2.18. The number of nitrogens with zero attached hydrogens (tertiary/aromatic N) is 3. The van der Waals surface area contributed by atoms with E-state index in [1.807, 2.05) is 6.92 Å². The van der Waals surface area contributed by atoms with Crippen LogP contribution in [0.25, 0.3) is 0 Å². The quantitative estimate of drug-likeness (QED) is 0.745. The fourth-order valence-electron chi connectivity index (χ4n) is 1.41. The minimum Gasteiger partial charge on any atom is -0.360 e. The van der Waals surface area contributed by atoms with E-state index in [1.165, 1.54) is 35.4 Å². The normalized spacial score (nSPS) is 12.0. The van der Waals surface area contributed by atoms with Gasteiger partial charge in [-0.2, -0.15) is 0 Å². The molecule has 118 valence electrons. The molecule has 0 saturated heterocycles. The van der Waals surface area contributed by atoms with Crippen molar-refractivity contribution in [3.8, 4) is 0 Å². The van der Waals surface area contributed by atoms with Crippen molar-refractivity contribution >= 4 is 63.2 Å². The van der Waals surface area contributed by atoms with Gasteiger partial charge in [0.05, 0.1) is 15.3 Å². The Morgan fingerprint density at radius 3 is 2.91 bits per heavy atom. The van der Waals surface area contributed by atoms with Crippen molar-refractivity contribution < 1.29 is 4.79 Å². The average Bonchev–Trinajstić information content (AvgIpc) is 2.89. The highest BCUT2D eigenvalue weighted by atomic mass is 35.5. The lowest BCUT2D eigenvalue weighted by molar-refractivity contribution is -0.115. The number of hydrogen-bond acceptors (Lipinski definition) is 7. The maximum absolute atomic E-state index is 12.2. The largest absolute Gasteiger partial charge is 0.360 e. The summed E-state index contributed by atoms with van der Waals surface area (Å²) in [6.07, 6.45) is 1.42. The zero-order valence-corrected chi connectivity index (χ0v) is 14.9. The van der Waals surface area contributed by atoms with Gasteiger partial charge in [-0.1, -0.05) is 46.3 Å². The first-order valence-electron chi connectivity index (χ1n) is 6.35. The molecule has 0 aliphatic rings. The van der Waals surface area contributed by atoms with Crippen molar-refractivity contribution in [2.24, 2.45) is 0 Å². The maximum atomic E-state index is 12.2. The summed E-state index contributed by atoms with van der Waals surface area (Å²) in [6.45, 7) is 4.53. The first-order chi connectivity index (χ1) is 10.5. The molecule has 1 amide bonds. The molecule has 2 heterocycles. The smallest absolute Gasteiger partial charge is 0.238 e. The second-order valence-electron chi connectivity index (χ2n) is 4.14. The Labute approximate surface area is 146 Å². The van der Waals surface area contributed by atoms with Crippen LogP contribution in [0.1, 0.15) is 13.8 Å². The maximum Gasteiger partial charge on any atom is 0.238 e. The van der Waals surface area contributed by atoms with Crippen LogP contribution < -0.4 is 10.6 Å². The van der Waals surface area contributed by atoms with Gasteiger partial charge in [-0.15, -0.1) is 10.2 Å². The number of carbonyl (C=O) groups is 1. The molecule has 6 nitrogen and oxygen atoms in total. The van der Waals surface area contributed by atoms with Crippen LogP contribution in [0.15, 0.2) is 16.6 Å². The van der Waals surface area contributed by atoms with Gasteiger partial charge in [0, 0.05) is 12.7 Å². The highest BCUT2D eigenvalue weighted by molar-refractivity contribution is 8.02. The van der Waals surface area contributed by atoms with E-state index in [0.29, 0.717) is 14.4 Å². The molecule has 0 radical (unpaired) electrons. The van der Waals surface area contributed by atoms with E-state index < -0.39 is 0 Å². The van der Waals surface area contributed by atoms with Gasteiger partial charge < -0.3 is 10.6 Å². The number of aromatic nitrogens is 3. The lowest BCUT2D eigenvalue weighted by atomic mass is 10.4. The van der Waals surface area contributed by atoms with Crippen molar-refractivity contribution in [3.05, 3.63) is 22.3 Å². The molecule has 2 rings (SSSR count). The van der Waals surface area contributed by atoms with Crippen molar-refractivity contribution in [1.29, 1.82) is 0 Å². The topological polar surface area (TPSA) is 79.8 Å². The van der Waals surface area contributed by atoms with E-state index >= 15 is 0 Å². The molecule has 2 aromatic heterocycles. The molecule has 0 aliphatic carbocycles. The third-order valence-electron chi connectivity index (χ3n) is 2.43. The second kappa shape index (κ2) is 7.96.